The smallest absolute Gasteiger partial charge is 0.256 e. The first-order valence-corrected chi connectivity index (χ1v) is 6.46. The minimum atomic E-state index is -0.928. The fourth-order valence-electron chi connectivity index (χ4n) is 2.41. The average molecular weight is 282 g/mol. The van der Waals surface area contributed by atoms with Gasteiger partial charge < -0.3 is 4.90 Å². The van der Waals surface area contributed by atoms with Crippen molar-refractivity contribution in [3.63, 3.8) is 0 Å². The van der Waals surface area contributed by atoms with Crippen molar-refractivity contribution in [3.05, 3.63) is 34.6 Å². The van der Waals surface area contributed by atoms with Crippen LogP contribution in [-0.4, -0.2) is 39.2 Å². The van der Waals surface area contributed by atoms with E-state index in [-0.39, 0.29) is 18.5 Å². The first-order chi connectivity index (χ1) is 9.00. The lowest BCUT2D eigenvalue weighted by molar-refractivity contribution is 0.00638. The van der Waals surface area contributed by atoms with Crippen LogP contribution in [0.25, 0.3) is 5.52 Å². The second-order valence-electron chi connectivity index (χ2n) is 4.85. The molecule has 0 N–H and O–H groups in total. The predicted octanol–water partition coefficient (Wildman–Crippen LogP) is 2.48. The van der Waals surface area contributed by atoms with Crippen LogP contribution in [0.15, 0.2) is 18.5 Å². The van der Waals surface area contributed by atoms with E-state index < -0.39 is 6.17 Å². The molecule has 0 aliphatic carbocycles. The minimum Gasteiger partial charge on any atom is -0.330 e. The molecule has 2 aromatic heterocycles. The number of carbonyl (C=O) groups excluding carboxylic acids is 1. The predicted molar refractivity (Wildman–Crippen MR) is 70.3 cm³/mol. The Hall–Kier alpha value is -1.62. The maximum atomic E-state index is 13.2. The Morgan fingerprint density at radius 3 is 2.89 bits per heavy atom. The number of nitrogens with zero attached hydrogens (tertiary/aromatic N) is 3. The van der Waals surface area contributed by atoms with E-state index >= 15 is 0 Å². The quantitative estimate of drug-likeness (QED) is 0.805. The summed E-state index contributed by atoms with van der Waals surface area (Å²) in [6.07, 6.45) is 2.30. The number of fused-ring (bicyclic) bond motifs is 1. The highest BCUT2D eigenvalue weighted by Crippen LogP contribution is 2.28. The minimum absolute atomic E-state index is 0.160. The van der Waals surface area contributed by atoms with Gasteiger partial charge in [-0.25, -0.2) is 8.91 Å². The highest BCUT2D eigenvalue weighted by atomic mass is 35.5. The molecule has 0 bridgehead atoms. The van der Waals surface area contributed by atoms with Gasteiger partial charge in [-0.05, 0) is 25.5 Å². The molecule has 1 aliphatic heterocycles. The molecule has 4 nitrogen and oxygen atoms in total. The molecule has 6 heteroatoms. The fraction of sp³-hybridized carbons (Fsp3) is 0.385. The Bertz CT molecular complexity index is 669. The second kappa shape index (κ2) is 4.20. The van der Waals surface area contributed by atoms with Gasteiger partial charge in [-0.2, -0.15) is 5.10 Å². The monoisotopic (exact) mass is 281 g/mol. The summed E-state index contributed by atoms with van der Waals surface area (Å²) in [6, 6.07) is 1.32. The molecule has 1 amide bonds. The normalized spacial score (nSPS) is 22.6. The Balaban J connectivity index is 2.04. The van der Waals surface area contributed by atoms with E-state index in [1.54, 1.807) is 29.9 Å². The molecular weight excluding hydrogens is 269 g/mol. The van der Waals surface area contributed by atoms with Gasteiger partial charge in [-0.3, -0.25) is 4.79 Å². The molecule has 2 aromatic rings. The fourth-order valence-corrected chi connectivity index (χ4v) is 2.70. The molecule has 3 rings (SSSR count). The number of amides is 1. The van der Waals surface area contributed by atoms with Crippen LogP contribution in [0.1, 0.15) is 22.8 Å². The molecule has 1 aliphatic rings. The molecule has 0 aromatic carbocycles. The summed E-state index contributed by atoms with van der Waals surface area (Å²) >= 11 is 6.11. The highest BCUT2D eigenvalue weighted by molar-refractivity contribution is 6.34. The molecule has 0 unspecified atom stereocenters. The van der Waals surface area contributed by atoms with Gasteiger partial charge in [-0.1, -0.05) is 11.6 Å². The lowest BCUT2D eigenvalue weighted by Crippen LogP contribution is -2.58. The van der Waals surface area contributed by atoms with Crippen molar-refractivity contribution in [3.8, 4) is 0 Å². The van der Waals surface area contributed by atoms with E-state index in [9.17, 15) is 9.18 Å². The lowest BCUT2D eigenvalue weighted by Gasteiger charge is -2.41. The zero-order valence-corrected chi connectivity index (χ0v) is 11.4. The molecule has 1 fully saturated rings. The number of rotatable bonds is 1. The highest BCUT2D eigenvalue weighted by Gasteiger charge is 2.40. The molecule has 19 heavy (non-hydrogen) atoms. The first-order valence-electron chi connectivity index (χ1n) is 6.08. The first kappa shape index (κ1) is 12.4. The summed E-state index contributed by atoms with van der Waals surface area (Å²) in [5.41, 5.74) is 2.02. The Kier molecular flexibility index (Phi) is 2.74. The molecule has 3 heterocycles. The van der Waals surface area contributed by atoms with Gasteiger partial charge in [0.1, 0.15) is 6.17 Å². The average Bonchev–Trinajstić information content (AvgIpc) is 2.73. The SMILES string of the molecule is Cc1c(C(=O)N2C[C@H](F)[C@H]2C)cn2nccc(Cl)c12. The van der Waals surface area contributed by atoms with E-state index in [2.05, 4.69) is 5.10 Å². The number of carbonyl (C=O) groups is 1. The Morgan fingerprint density at radius 2 is 2.32 bits per heavy atom. The summed E-state index contributed by atoms with van der Waals surface area (Å²) in [4.78, 5) is 13.9. The summed E-state index contributed by atoms with van der Waals surface area (Å²) < 4.78 is 14.8. The van der Waals surface area contributed by atoms with Gasteiger partial charge in [-0.15, -0.1) is 0 Å². The standard InChI is InChI=1S/C13H13ClFN3O/c1-7-9(13(19)17-6-11(15)8(17)2)5-18-12(7)10(14)3-4-16-18/h3-5,8,11H,6H2,1-2H3/t8-,11+/m1/s1. The topological polar surface area (TPSA) is 37.6 Å². The Morgan fingerprint density at radius 1 is 1.58 bits per heavy atom. The van der Waals surface area contributed by atoms with E-state index in [1.165, 1.54) is 4.90 Å². The van der Waals surface area contributed by atoms with E-state index in [4.69, 9.17) is 11.6 Å². The summed E-state index contributed by atoms with van der Waals surface area (Å²) in [6.45, 7) is 3.70. The molecule has 2 atom stereocenters. The third-order valence-electron chi connectivity index (χ3n) is 3.76. The number of likely N-dealkylation sites (tertiary alicyclic amines) is 1. The van der Waals surface area contributed by atoms with Crippen molar-refractivity contribution in [1.82, 2.24) is 14.5 Å². The molecule has 0 spiro atoms. The molecule has 0 radical (unpaired) electrons. The summed E-state index contributed by atoms with van der Waals surface area (Å²) in [5.74, 6) is -0.166. The summed E-state index contributed by atoms with van der Waals surface area (Å²) in [5, 5.41) is 4.68. The van der Waals surface area contributed by atoms with Crippen LogP contribution in [0.2, 0.25) is 5.02 Å². The maximum absolute atomic E-state index is 13.2. The number of aryl methyl sites for hydroxylation is 1. The van der Waals surface area contributed by atoms with Crippen LogP contribution in [0.3, 0.4) is 0 Å². The second-order valence-corrected chi connectivity index (χ2v) is 5.26. The van der Waals surface area contributed by atoms with Crippen molar-refractivity contribution in [2.24, 2.45) is 0 Å². The van der Waals surface area contributed by atoms with Crippen LogP contribution < -0.4 is 0 Å². The summed E-state index contributed by atoms with van der Waals surface area (Å²) in [7, 11) is 0. The maximum Gasteiger partial charge on any atom is 0.256 e. The van der Waals surface area contributed by atoms with Crippen molar-refractivity contribution >= 4 is 23.0 Å². The zero-order chi connectivity index (χ0) is 13.7. The van der Waals surface area contributed by atoms with E-state index in [0.717, 1.165) is 11.1 Å². The van der Waals surface area contributed by atoms with Crippen LogP contribution >= 0.6 is 11.6 Å². The van der Waals surface area contributed by atoms with Crippen LogP contribution in [0.4, 0.5) is 4.39 Å². The third-order valence-corrected chi connectivity index (χ3v) is 4.06. The van der Waals surface area contributed by atoms with Crippen molar-refractivity contribution in [1.29, 1.82) is 0 Å². The van der Waals surface area contributed by atoms with Crippen molar-refractivity contribution in [2.75, 3.05) is 6.54 Å². The van der Waals surface area contributed by atoms with E-state index in [1.807, 2.05) is 6.92 Å². The van der Waals surface area contributed by atoms with Gasteiger partial charge >= 0.3 is 0 Å². The number of hydrogen-bond donors (Lipinski definition) is 0. The van der Waals surface area contributed by atoms with Gasteiger partial charge in [0.2, 0.25) is 0 Å². The Labute approximate surface area is 114 Å². The van der Waals surface area contributed by atoms with Crippen LogP contribution in [-0.2, 0) is 0 Å². The third kappa shape index (κ3) is 1.72. The number of aromatic nitrogens is 2. The number of hydrogen-bond acceptors (Lipinski definition) is 2. The lowest BCUT2D eigenvalue weighted by atomic mass is 10.0. The number of alkyl halides is 1. The molecular formula is C13H13ClFN3O. The molecule has 1 saturated heterocycles. The zero-order valence-electron chi connectivity index (χ0n) is 10.6. The number of halogens is 2. The molecule has 100 valence electrons. The van der Waals surface area contributed by atoms with Gasteiger partial charge in [0.15, 0.2) is 0 Å². The van der Waals surface area contributed by atoms with Crippen molar-refractivity contribution < 1.29 is 9.18 Å². The largest absolute Gasteiger partial charge is 0.330 e. The molecule has 0 saturated carbocycles. The van der Waals surface area contributed by atoms with Gasteiger partial charge in [0, 0.05) is 12.4 Å². The van der Waals surface area contributed by atoms with E-state index in [0.29, 0.717) is 10.6 Å². The van der Waals surface area contributed by atoms with Crippen molar-refractivity contribution in [2.45, 2.75) is 26.1 Å². The van der Waals surface area contributed by atoms with Crippen LogP contribution in [0.5, 0.6) is 0 Å². The van der Waals surface area contributed by atoms with Gasteiger partial charge in [0.25, 0.3) is 5.91 Å². The van der Waals surface area contributed by atoms with Crippen LogP contribution in [0, 0.1) is 6.92 Å². The van der Waals surface area contributed by atoms with Gasteiger partial charge in [0.05, 0.1) is 28.7 Å².